The number of aromatic nitrogens is 8. The molecule has 4 aliphatic heterocycles. The number of nitrogens with zero attached hydrogens (tertiary/aromatic N) is 4. The van der Waals surface area contributed by atoms with Crippen LogP contribution in [0.3, 0.4) is 0 Å². The number of hydrogen-bond acceptors (Lipinski definition) is 24. The van der Waals surface area contributed by atoms with E-state index in [-0.39, 0.29) is 86.2 Å². The molecule has 0 unspecified atom stereocenters. The third-order valence-corrected chi connectivity index (χ3v) is 23.2. The van der Waals surface area contributed by atoms with Gasteiger partial charge >= 0.3 is 23.9 Å². The Labute approximate surface area is 852 Å². The number of carboxylic acids is 4. The maximum atomic E-state index is 12.5. The van der Waals surface area contributed by atoms with Crippen LogP contribution in [0.5, 0.6) is 23.0 Å². The molecule has 32 nitrogen and oxygen atoms in total. The van der Waals surface area contributed by atoms with E-state index in [1.807, 2.05) is 194 Å². The summed E-state index contributed by atoms with van der Waals surface area (Å²) in [7, 11) is 6.45. The number of methoxy groups -OCH3 is 4. The van der Waals surface area contributed by atoms with E-state index in [1.54, 1.807) is 28.4 Å². The Hall–Kier alpha value is -16.6. The van der Waals surface area contributed by atoms with Crippen molar-refractivity contribution in [2.24, 2.45) is 0 Å². The van der Waals surface area contributed by atoms with Crippen molar-refractivity contribution in [3.8, 4) is 115 Å². The van der Waals surface area contributed by atoms with E-state index >= 15 is 0 Å². The number of carbonyl (C=O) groups is 4. The zero-order valence-electron chi connectivity index (χ0n) is 81.7. The second-order valence-corrected chi connectivity index (χ2v) is 33.2. The summed E-state index contributed by atoms with van der Waals surface area (Å²) in [5.74, 6) is 23.2. The van der Waals surface area contributed by atoms with Crippen molar-refractivity contribution in [1.29, 1.82) is 0 Å². The van der Waals surface area contributed by atoms with Gasteiger partial charge in [-0.2, -0.15) is 0 Å². The third-order valence-electron chi connectivity index (χ3n) is 23.2. The first kappa shape index (κ1) is 104. The lowest BCUT2D eigenvalue weighted by Crippen LogP contribution is -2.12. The van der Waals surface area contributed by atoms with Gasteiger partial charge < -0.3 is 116 Å². The number of fused-ring (bicyclic) bond motifs is 16. The van der Waals surface area contributed by atoms with E-state index in [9.17, 15) is 39.6 Å². The first-order valence-electron chi connectivity index (χ1n) is 47.7. The van der Waals surface area contributed by atoms with Crippen LogP contribution >= 0.6 is 0 Å². The molecule has 0 spiro atoms. The number of benzene rings is 6. The molecule has 0 radical (unpaired) electrons. The highest BCUT2D eigenvalue weighted by atomic mass is 16.6. The second-order valence-electron chi connectivity index (χ2n) is 33.2. The number of ether oxygens (including phenoxy) is 16. The lowest BCUT2D eigenvalue weighted by Gasteiger charge is -2.10. The molecule has 16 rings (SSSR count). The Kier molecular flexibility index (Phi) is 37.1. The summed E-state index contributed by atoms with van der Waals surface area (Å²) in [6.45, 7) is 8.37. The maximum absolute atomic E-state index is 12.5. The van der Waals surface area contributed by atoms with Crippen LogP contribution in [0.25, 0.3) is 137 Å². The van der Waals surface area contributed by atoms with Crippen LogP contribution in [-0.2, 0) is 56.8 Å². The van der Waals surface area contributed by atoms with E-state index in [0.717, 1.165) is 12.1 Å². The molecule has 0 atom stereocenters. The summed E-state index contributed by atoms with van der Waals surface area (Å²) in [4.78, 5) is 86.9. The Balaban J connectivity index is 0.899. The standard InChI is InChI=1S/C116H106N8O24/c1-133-41-45-137-49-53-141-57-61-145-85-15-7-11-77(71-85)109-101-33-25-93(117-101)89(94-26-34-102(118-94)110(78-12-8-16-86(72-78)146-62-58-142-54-50-138-46-42-134-2)106-38-30-98(122-106)91(97-29-37-105(109)121-97)23-21-75-65-81(113(125)126)69-82(66-75)114(127)128)19-5-6-20-90-95-27-35-103(119-95)111(79-13-9-17-87(73-79)147-63-59-143-55-51-139-47-43-135-3)107-39-31-99(123-107)92(24-22-76-67-83(115(129)130)70-84(68-76)116(131)132)100-32-40-108(124-100)112(104-36-28-96(90)120-104)80-14-10-18-88(74-80)148-64-60-144-56-52-140-48-44-136-4/h7-18,25-40,65-74,117,119,122,124H,41-64H2,1-4H3,(H,125,126)(H,127,128)(H,129,130)(H,131,132). The largest absolute Gasteiger partial charge is 0.491 e. The minimum atomic E-state index is -1.33. The van der Waals surface area contributed by atoms with E-state index in [1.165, 1.54) is 24.3 Å². The van der Waals surface area contributed by atoms with Crippen LogP contribution in [0.1, 0.15) is 120 Å². The van der Waals surface area contributed by atoms with Crippen LogP contribution in [0.2, 0.25) is 0 Å². The van der Waals surface area contributed by atoms with Crippen molar-refractivity contribution in [3.63, 3.8) is 0 Å². The van der Waals surface area contributed by atoms with Crippen LogP contribution in [0.15, 0.2) is 182 Å². The number of aromatic amines is 4. The van der Waals surface area contributed by atoms with E-state index < -0.39 is 23.9 Å². The van der Waals surface area contributed by atoms with Gasteiger partial charge in [-0.25, -0.2) is 39.1 Å². The third kappa shape index (κ3) is 27.9. The van der Waals surface area contributed by atoms with Gasteiger partial charge in [0.15, 0.2) is 0 Å². The van der Waals surface area contributed by atoms with Crippen LogP contribution < -0.4 is 18.9 Å². The molecule has 0 saturated heterocycles. The summed E-state index contributed by atoms with van der Waals surface area (Å²) in [6.07, 6.45) is 15.0. The van der Waals surface area contributed by atoms with Gasteiger partial charge in [-0.1, -0.05) is 72.2 Å². The molecule has 8 N–H and O–H groups in total. The molecule has 10 heterocycles. The van der Waals surface area contributed by atoms with E-state index in [2.05, 4.69) is 67.3 Å². The molecular weight excluding hydrogens is 1890 g/mol. The quantitative estimate of drug-likeness (QED) is 0.0130. The van der Waals surface area contributed by atoms with Gasteiger partial charge in [-0.3, -0.25) is 0 Å². The lowest BCUT2D eigenvalue weighted by atomic mass is 10.0. The van der Waals surface area contributed by atoms with Gasteiger partial charge in [0.1, 0.15) is 49.4 Å². The highest BCUT2D eigenvalue weighted by molar-refractivity contribution is 6.01. The average Bonchev–Trinajstić information content (AvgIpc) is 1.62. The van der Waals surface area contributed by atoms with Crippen LogP contribution in [0.4, 0.5) is 0 Å². The van der Waals surface area contributed by atoms with Crippen molar-refractivity contribution >= 4 is 117 Å². The number of carboxylic acid groups (broad SMARTS) is 4. The Bertz CT molecular complexity index is 7030. The smallest absolute Gasteiger partial charge is 0.335 e. The SMILES string of the molecule is COCCOCCOCCOc1cccc(-c2c3nc(c(C#Cc4cc(C(=O)O)cc(C(=O)O)c4)c4ccc([nH]4)c(-c4cccc(OCCOCCOCCOC)c4)c4nc(c(C#CC#Cc5c6nc(c(-c7cccc(OCCOCCOCCOC)c7)c7ccc([nH]7)c(C#Cc7cc(C(=O)O)cc(C(=O)O)c7)c7nc(c(-c8cccc(OCCOCCOCCOC)c8)c8ccc5[nH]8)C=C7)C=C6)c5ccc2[nH]5)C=C4)C=C3)c1. The molecule has 4 aliphatic rings. The summed E-state index contributed by atoms with van der Waals surface area (Å²) in [5, 5.41) is 40.9. The highest BCUT2D eigenvalue weighted by Crippen LogP contribution is 2.40. The Morgan fingerprint density at radius 1 is 0.236 bits per heavy atom. The van der Waals surface area contributed by atoms with Gasteiger partial charge in [0.2, 0.25) is 0 Å². The van der Waals surface area contributed by atoms with Gasteiger partial charge in [0, 0.05) is 83.9 Å². The predicted molar refractivity (Wildman–Crippen MR) is 562 cm³/mol. The van der Waals surface area contributed by atoms with E-state index in [0.29, 0.717) is 285 Å². The van der Waals surface area contributed by atoms with Crippen molar-refractivity contribution in [1.82, 2.24) is 39.9 Å². The second kappa shape index (κ2) is 52.7. The van der Waals surface area contributed by atoms with Gasteiger partial charge in [-0.15, -0.1) is 0 Å². The fourth-order valence-corrected chi connectivity index (χ4v) is 16.2. The molecule has 0 fully saturated rings. The zero-order valence-corrected chi connectivity index (χ0v) is 81.7. The molecule has 754 valence electrons. The van der Waals surface area contributed by atoms with Crippen molar-refractivity contribution < 1.29 is 115 Å². The predicted octanol–water partition coefficient (Wildman–Crippen LogP) is 17.5. The first-order valence-corrected chi connectivity index (χ1v) is 47.7. The molecule has 12 aromatic rings. The first-order chi connectivity index (χ1) is 72.5. The van der Waals surface area contributed by atoms with Crippen molar-refractivity contribution in [2.75, 3.05) is 187 Å². The topological polar surface area (TPSA) is 412 Å². The summed E-state index contributed by atoms with van der Waals surface area (Å²) in [5.41, 5.74) is 14.1. The Morgan fingerprint density at radius 2 is 0.446 bits per heavy atom. The van der Waals surface area contributed by atoms with Crippen LogP contribution in [-0.4, -0.2) is 271 Å². The molecule has 0 saturated carbocycles. The zero-order chi connectivity index (χ0) is 103. The average molecular weight is 2000 g/mol. The highest BCUT2D eigenvalue weighted by Gasteiger charge is 2.24. The molecule has 0 amide bonds. The minimum absolute atomic E-state index is 0.125. The number of rotatable bonds is 48. The molecule has 6 aromatic carbocycles. The number of hydrogen-bond donors (Lipinski definition) is 8. The summed E-state index contributed by atoms with van der Waals surface area (Å²) < 4.78 is 92.1. The summed E-state index contributed by atoms with van der Waals surface area (Å²) >= 11 is 0. The van der Waals surface area contributed by atoms with Crippen LogP contribution in [0, 0.1) is 47.4 Å². The Morgan fingerprint density at radius 3 is 0.676 bits per heavy atom. The molecule has 6 aromatic heterocycles. The summed E-state index contributed by atoms with van der Waals surface area (Å²) in [6, 6.07) is 53.0. The monoisotopic (exact) mass is 1990 g/mol. The number of nitrogens with one attached hydrogen (secondary N) is 4. The lowest BCUT2D eigenvalue weighted by molar-refractivity contribution is 0.0180. The molecule has 0 aliphatic carbocycles. The molecule has 32 heteroatoms. The van der Waals surface area contributed by atoms with Gasteiger partial charge in [0.25, 0.3) is 0 Å². The minimum Gasteiger partial charge on any atom is -0.491 e. The number of H-pyrrole nitrogens is 4. The fourth-order valence-electron chi connectivity index (χ4n) is 16.2. The fraction of sp³-hybridized carbons (Fsp3) is 0.241. The number of aromatic carboxylic acids is 4. The van der Waals surface area contributed by atoms with Crippen molar-refractivity contribution in [3.05, 3.63) is 283 Å². The van der Waals surface area contributed by atoms with Gasteiger partial charge in [-0.05, 0) is 228 Å². The molecule has 16 bridgehead atoms. The maximum Gasteiger partial charge on any atom is 0.335 e. The van der Waals surface area contributed by atoms with Crippen molar-refractivity contribution in [2.45, 2.75) is 0 Å². The van der Waals surface area contributed by atoms with Gasteiger partial charge in [0.05, 0.1) is 244 Å². The molecular formula is C116H106N8O24. The normalized spacial score (nSPS) is 11.6. The van der Waals surface area contributed by atoms with E-state index in [4.69, 9.17) is 95.7 Å². The molecule has 148 heavy (non-hydrogen) atoms.